The summed E-state index contributed by atoms with van der Waals surface area (Å²) >= 11 is 0. The monoisotopic (exact) mass is 710 g/mol. The Morgan fingerprint density at radius 2 is 1.53 bits per heavy atom. The number of phenolic OH excluding ortho intramolecular Hbond substituents is 1. The van der Waals surface area contributed by atoms with Crippen molar-refractivity contribution < 1.29 is 48.9 Å². The lowest BCUT2D eigenvalue weighted by Gasteiger charge is -2.38. The van der Waals surface area contributed by atoms with E-state index < -0.39 is 83.4 Å². The molecule has 1 saturated heterocycles. The molecule has 2 aromatic rings. The molecule has 1 aliphatic rings. The molecule has 0 aromatic heterocycles. The number of phenols is 1. The first-order chi connectivity index (χ1) is 24.0. The molecular formula is C35H46N6O10. The molecule has 3 rings (SSSR count). The normalized spacial score (nSPS) is 17.3. The van der Waals surface area contributed by atoms with Crippen LogP contribution in [0.25, 0.3) is 0 Å². The van der Waals surface area contributed by atoms with Crippen LogP contribution in [-0.4, -0.2) is 86.5 Å². The fourth-order valence-electron chi connectivity index (χ4n) is 6.11. The van der Waals surface area contributed by atoms with Gasteiger partial charge in [-0.05, 0) is 54.4 Å². The van der Waals surface area contributed by atoms with Crippen molar-refractivity contribution in [1.82, 2.24) is 20.9 Å². The van der Waals surface area contributed by atoms with Crippen molar-refractivity contribution in [2.75, 3.05) is 11.9 Å². The number of primary amides is 1. The molecule has 1 fully saturated rings. The third-order valence-electron chi connectivity index (χ3n) is 8.54. The van der Waals surface area contributed by atoms with Crippen LogP contribution in [0.2, 0.25) is 0 Å². The number of amides is 6. The second-order valence-corrected chi connectivity index (χ2v) is 13.3. The van der Waals surface area contributed by atoms with E-state index in [1.165, 1.54) is 12.1 Å². The topological polar surface area (TPSA) is 258 Å². The van der Waals surface area contributed by atoms with Crippen molar-refractivity contribution in [2.24, 2.45) is 17.6 Å². The number of aliphatic carboxylic acids is 2. The quantitative estimate of drug-likeness (QED) is 0.117. The Morgan fingerprint density at radius 3 is 2.08 bits per heavy atom. The summed E-state index contributed by atoms with van der Waals surface area (Å²) < 4.78 is 0. The molecule has 4 atom stereocenters. The zero-order valence-corrected chi connectivity index (χ0v) is 29.0. The molecule has 16 heteroatoms. The van der Waals surface area contributed by atoms with Gasteiger partial charge in [-0.2, -0.15) is 0 Å². The molecule has 2 aromatic carbocycles. The number of anilines is 1. The van der Waals surface area contributed by atoms with Gasteiger partial charge in [-0.1, -0.05) is 64.1 Å². The van der Waals surface area contributed by atoms with Crippen LogP contribution in [0.5, 0.6) is 5.75 Å². The van der Waals surface area contributed by atoms with Crippen LogP contribution in [0.1, 0.15) is 64.5 Å². The molecule has 0 aliphatic carbocycles. The number of carboxylic acid groups (broad SMARTS) is 2. The Hall–Kier alpha value is -5.67. The Bertz CT molecular complexity index is 1630. The van der Waals surface area contributed by atoms with E-state index in [1.54, 1.807) is 44.2 Å². The lowest BCUT2D eigenvalue weighted by molar-refractivity contribution is -0.159. The molecule has 16 nitrogen and oxygen atoms in total. The maximum Gasteiger partial charge on any atom is 0.334 e. The third-order valence-corrected chi connectivity index (χ3v) is 8.54. The van der Waals surface area contributed by atoms with Gasteiger partial charge in [0.1, 0.15) is 23.9 Å². The Balaban J connectivity index is 1.86. The minimum Gasteiger partial charge on any atom is -0.506 e. The molecular weight excluding hydrogens is 664 g/mol. The van der Waals surface area contributed by atoms with Gasteiger partial charge in [0, 0.05) is 6.54 Å². The summed E-state index contributed by atoms with van der Waals surface area (Å²) in [5, 5.41) is 40.5. The Morgan fingerprint density at radius 1 is 0.882 bits per heavy atom. The third kappa shape index (κ3) is 10.2. The number of nitrogens with one attached hydrogen (secondary N) is 4. The number of likely N-dealkylation sites (tertiary alicyclic amines) is 1. The number of hydrogen-bond acceptors (Lipinski definition) is 8. The van der Waals surface area contributed by atoms with Crippen molar-refractivity contribution in [3.05, 3.63) is 59.7 Å². The number of benzene rings is 2. The molecule has 1 aliphatic heterocycles. The van der Waals surface area contributed by atoms with Gasteiger partial charge in [-0.15, -0.1) is 0 Å². The van der Waals surface area contributed by atoms with E-state index in [-0.39, 0.29) is 49.4 Å². The van der Waals surface area contributed by atoms with Crippen molar-refractivity contribution in [1.29, 1.82) is 0 Å². The van der Waals surface area contributed by atoms with Gasteiger partial charge in [0.05, 0.1) is 18.5 Å². The van der Waals surface area contributed by atoms with Gasteiger partial charge in [0.15, 0.2) is 5.54 Å². The summed E-state index contributed by atoms with van der Waals surface area (Å²) in [5.74, 6) is -7.05. The number of nitrogens with zero attached hydrogens (tertiary/aromatic N) is 1. The first kappa shape index (κ1) is 39.8. The molecule has 0 unspecified atom stereocenters. The van der Waals surface area contributed by atoms with Gasteiger partial charge in [-0.3, -0.25) is 24.0 Å². The largest absolute Gasteiger partial charge is 0.506 e. The van der Waals surface area contributed by atoms with E-state index >= 15 is 0 Å². The molecule has 51 heavy (non-hydrogen) atoms. The van der Waals surface area contributed by atoms with Gasteiger partial charge in [0.25, 0.3) is 0 Å². The predicted molar refractivity (Wildman–Crippen MR) is 184 cm³/mol. The first-order valence-corrected chi connectivity index (χ1v) is 16.6. The average molecular weight is 711 g/mol. The summed E-state index contributed by atoms with van der Waals surface area (Å²) in [6.07, 6.45) is -0.467. The highest BCUT2D eigenvalue weighted by atomic mass is 16.4. The SMILES string of the molecule is CC(C)C[C@H](NC(=O)Cc1ccccc1)C(=O)N[C@@H](CC(=O)O)C(=O)N[C@H](C(=O)N1CCC[C@@]1(C(=O)O)c1ccc(NC(N)=O)c(O)c1)C(C)C. The van der Waals surface area contributed by atoms with E-state index in [0.29, 0.717) is 5.56 Å². The fourth-order valence-corrected chi connectivity index (χ4v) is 6.11. The standard InChI is InChI=1S/C35H46N6O10/c1-19(2)15-24(37-27(43)16-21-9-6-5-7-10-21)30(46)38-25(18-28(44)45)31(47)40-29(20(3)4)32(48)41-14-8-13-35(41,33(49)50)22-11-12-23(26(42)17-22)39-34(36)51/h5-7,9-12,17,19-20,24-25,29,42H,8,13-16,18H2,1-4H3,(H,37,43)(H,38,46)(H,40,47)(H,44,45)(H,49,50)(H3,36,39,51)/t24-,25-,29-,35-/m0/s1. The number of urea groups is 1. The maximum atomic E-state index is 14.1. The lowest BCUT2D eigenvalue weighted by atomic mass is 9.86. The number of carbonyl (C=O) groups is 7. The highest BCUT2D eigenvalue weighted by Gasteiger charge is 2.53. The number of aromatic hydroxyl groups is 1. The van der Waals surface area contributed by atoms with Crippen molar-refractivity contribution in [3.63, 3.8) is 0 Å². The summed E-state index contributed by atoms with van der Waals surface area (Å²) in [6, 6.07) is 7.45. The first-order valence-electron chi connectivity index (χ1n) is 16.6. The van der Waals surface area contributed by atoms with E-state index in [0.717, 1.165) is 11.0 Å². The number of carboxylic acids is 2. The van der Waals surface area contributed by atoms with Crippen LogP contribution in [0, 0.1) is 11.8 Å². The van der Waals surface area contributed by atoms with Crippen LogP contribution < -0.4 is 27.0 Å². The van der Waals surface area contributed by atoms with Gasteiger partial charge >= 0.3 is 18.0 Å². The highest BCUT2D eigenvalue weighted by molar-refractivity contribution is 5.98. The molecule has 0 saturated carbocycles. The summed E-state index contributed by atoms with van der Waals surface area (Å²) in [5.41, 5.74) is 3.83. The molecule has 0 radical (unpaired) electrons. The van der Waals surface area contributed by atoms with E-state index in [2.05, 4.69) is 21.3 Å². The fraction of sp³-hybridized carbons (Fsp3) is 0.457. The molecule has 6 amide bonds. The summed E-state index contributed by atoms with van der Waals surface area (Å²) in [7, 11) is 0. The van der Waals surface area contributed by atoms with Crippen molar-refractivity contribution in [2.45, 2.75) is 83.5 Å². The van der Waals surface area contributed by atoms with Crippen molar-refractivity contribution in [3.8, 4) is 5.75 Å². The average Bonchev–Trinajstić information content (AvgIpc) is 3.50. The highest BCUT2D eigenvalue weighted by Crippen LogP contribution is 2.42. The number of hydrogen-bond donors (Lipinski definition) is 8. The minimum atomic E-state index is -1.96. The number of rotatable bonds is 16. The van der Waals surface area contributed by atoms with Crippen LogP contribution in [0.15, 0.2) is 48.5 Å². The van der Waals surface area contributed by atoms with E-state index in [4.69, 9.17) is 5.73 Å². The van der Waals surface area contributed by atoms with Gasteiger partial charge < -0.3 is 47.2 Å². The zero-order valence-electron chi connectivity index (χ0n) is 29.0. The molecule has 1 heterocycles. The molecule has 9 N–H and O–H groups in total. The molecule has 0 bridgehead atoms. The summed E-state index contributed by atoms with van der Waals surface area (Å²) in [4.78, 5) is 91.2. The zero-order chi connectivity index (χ0) is 38.0. The predicted octanol–water partition coefficient (Wildman–Crippen LogP) is 1.66. The Labute approximate surface area is 295 Å². The minimum absolute atomic E-state index is 0.0116. The van der Waals surface area contributed by atoms with Gasteiger partial charge in [-0.25, -0.2) is 9.59 Å². The number of nitrogens with two attached hydrogens (primary N) is 1. The lowest BCUT2D eigenvalue weighted by Crippen LogP contribution is -2.61. The molecule has 0 spiro atoms. The van der Waals surface area contributed by atoms with Crippen LogP contribution in [-0.2, 0) is 40.7 Å². The van der Waals surface area contributed by atoms with E-state index in [9.17, 15) is 48.9 Å². The van der Waals surface area contributed by atoms with E-state index in [1.807, 2.05) is 13.8 Å². The smallest absolute Gasteiger partial charge is 0.334 e. The molecule has 276 valence electrons. The van der Waals surface area contributed by atoms with Crippen LogP contribution in [0.3, 0.4) is 0 Å². The second kappa shape index (κ2) is 17.3. The Kier molecular flexibility index (Phi) is 13.5. The van der Waals surface area contributed by atoms with Crippen LogP contribution in [0.4, 0.5) is 10.5 Å². The second-order valence-electron chi connectivity index (χ2n) is 13.3. The summed E-state index contributed by atoms with van der Waals surface area (Å²) in [6.45, 7) is 6.83. The van der Waals surface area contributed by atoms with Gasteiger partial charge in [0.2, 0.25) is 23.6 Å². The van der Waals surface area contributed by atoms with Crippen molar-refractivity contribution >= 4 is 47.3 Å². The maximum absolute atomic E-state index is 14.1. The van der Waals surface area contributed by atoms with Crippen LogP contribution >= 0.6 is 0 Å². The number of carbonyl (C=O) groups excluding carboxylic acids is 5.